The highest BCUT2D eigenvalue weighted by molar-refractivity contribution is 9.10. The lowest BCUT2D eigenvalue weighted by Gasteiger charge is -2.26. The first-order valence-electron chi connectivity index (χ1n) is 10.4. The first-order valence-corrected chi connectivity index (χ1v) is 11.2. The number of nitrogens with one attached hydrogen (secondary N) is 1. The molecule has 0 unspecified atom stereocenters. The number of carbonyl (C=O) groups is 2. The number of hydrogen-bond donors (Lipinski definition) is 1. The number of hydrogen-bond acceptors (Lipinski definition) is 5. The molecule has 170 valence electrons. The number of nitrogens with zero attached hydrogens (tertiary/aromatic N) is 3. The van der Waals surface area contributed by atoms with E-state index in [0.29, 0.717) is 42.1 Å². The van der Waals surface area contributed by atoms with Crippen LogP contribution in [-0.2, 0) is 9.53 Å². The zero-order chi connectivity index (χ0) is 23.0. The molecule has 33 heavy (non-hydrogen) atoms. The summed E-state index contributed by atoms with van der Waals surface area (Å²) in [6.07, 6.45) is 5.42. The third-order valence-electron chi connectivity index (χ3n) is 5.08. The molecular formula is C24H23BrN4O4. The number of hydrazone groups is 1. The van der Waals surface area contributed by atoms with Gasteiger partial charge < -0.3 is 18.9 Å². The van der Waals surface area contributed by atoms with Gasteiger partial charge in [0.25, 0.3) is 11.8 Å². The van der Waals surface area contributed by atoms with E-state index in [1.54, 1.807) is 41.4 Å². The third-order valence-corrected chi connectivity index (χ3v) is 5.70. The molecule has 1 N–H and O–H groups in total. The number of aromatic nitrogens is 1. The summed E-state index contributed by atoms with van der Waals surface area (Å²) >= 11 is 3.45. The second kappa shape index (κ2) is 10.9. The van der Waals surface area contributed by atoms with Crippen LogP contribution in [-0.4, -0.2) is 60.4 Å². The molecule has 8 nitrogen and oxygen atoms in total. The Morgan fingerprint density at radius 3 is 2.52 bits per heavy atom. The first kappa shape index (κ1) is 22.8. The van der Waals surface area contributed by atoms with Gasteiger partial charge in [-0.25, -0.2) is 5.43 Å². The molecular weight excluding hydrogens is 488 g/mol. The molecule has 1 saturated heterocycles. The third kappa shape index (κ3) is 6.09. The summed E-state index contributed by atoms with van der Waals surface area (Å²) < 4.78 is 13.6. The summed E-state index contributed by atoms with van der Waals surface area (Å²) in [5.74, 6) is 0.187. The average Bonchev–Trinajstić information content (AvgIpc) is 3.39. The van der Waals surface area contributed by atoms with Crippen molar-refractivity contribution >= 4 is 34.0 Å². The van der Waals surface area contributed by atoms with Crippen molar-refractivity contribution in [2.45, 2.75) is 0 Å². The monoisotopic (exact) mass is 510 g/mol. The van der Waals surface area contributed by atoms with Gasteiger partial charge in [0.1, 0.15) is 5.75 Å². The van der Waals surface area contributed by atoms with Crippen LogP contribution in [0, 0.1) is 0 Å². The van der Waals surface area contributed by atoms with Crippen molar-refractivity contribution in [3.63, 3.8) is 0 Å². The summed E-state index contributed by atoms with van der Waals surface area (Å²) in [6, 6.07) is 16.5. The van der Waals surface area contributed by atoms with Crippen molar-refractivity contribution in [2.24, 2.45) is 5.10 Å². The quantitative estimate of drug-likeness (QED) is 0.390. The molecule has 0 aliphatic carbocycles. The number of halogens is 1. The highest BCUT2D eigenvalue weighted by Crippen LogP contribution is 2.25. The van der Waals surface area contributed by atoms with E-state index in [4.69, 9.17) is 9.47 Å². The van der Waals surface area contributed by atoms with Crippen molar-refractivity contribution in [2.75, 3.05) is 32.9 Å². The van der Waals surface area contributed by atoms with Crippen molar-refractivity contribution in [1.29, 1.82) is 0 Å². The lowest BCUT2D eigenvalue weighted by molar-refractivity contribution is -0.137. The van der Waals surface area contributed by atoms with Gasteiger partial charge in [-0.3, -0.25) is 9.59 Å². The number of amides is 2. The van der Waals surface area contributed by atoms with Gasteiger partial charge in [-0.1, -0.05) is 0 Å². The number of benzene rings is 2. The number of carbonyl (C=O) groups excluding carboxylic acids is 2. The van der Waals surface area contributed by atoms with Gasteiger partial charge in [-0.15, -0.1) is 0 Å². The predicted octanol–water partition coefficient (Wildman–Crippen LogP) is 3.24. The van der Waals surface area contributed by atoms with Crippen molar-refractivity contribution in [3.05, 3.63) is 82.6 Å². The second-order valence-corrected chi connectivity index (χ2v) is 8.16. The normalized spacial score (nSPS) is 13.8. The van der Waals surface area contributed by atoms with Gasteiger partial charge in [0.05, 0.1) is 23.9 Å². The number of rotatable bonds is 7. The van der Waals surface area contributed by atoms with E-state index in [1.165, 1.54) is 0 Å². The first-order chi connectivity index (χ1) is 16.1. The highest BCUT2D eigenvalue weighted by atomic mass is 79.9. The molecule has 1 fully saturated rings. The van der Waals surface area contributed by atoms with E-state index in [2.05, 4.69) is 26.5 Å². The van der Waals surface area contributed by atoms with Crippen LogP contribution in [0.3, 0.4) is 0 Å². The minimum atomic E-state index is -0.300. The molecule has 0 radical (unpaired) electrons. The largest absolute Gasteiger partial charge is 0.483 e. The molecule has 3 aromatic rings. The lowest BCUT2D eigenvalue weighted by Crippen LogP contribution is -2.43. The molecule has 2 heterocycles. The molecule has 2 aromatic carbocycles. The van der Waals surface area contributed by atoms with Crippen LogP contribution in [0.2, 0.25) is 0 Å². The van der Waals surface area contributed by atoms with E-state index in [0.717, 1.165) is 11.3 Å². The fourth-order valence-electron chi connectivity index (χ4n) is 3.28. The maximum Gasteiger partial charge on any atom is 0.271 e. The second-order valence-electron chi connectivity index (χ2n) is 7.31. The van der Waals surface area contributed by atoms with Crippen LogP contribution in [0.1, 0.15) is 15.9 Å². The molecule has 0 saturated carbocycles. The van der Waals surface area contributed by atoms with E-state index >= 15 is 0 Å². The smallest absolute Gasteiger partial charge is 0.271 e. The molecule has 1 aliphatic heterocycles. The van der Waals surface area contributed by atoms with E-state index < -0.39 is 0 Å². The van der Waals surface area contributed by atoms with Crippen LogP contribution < -0.4 is 10.2 Å². The van der Waals surface area contributed by atoms with Gasteiger partial charge >= 0.3 is 0 Å². The summed E-state index contributed by atoms with van der Waals surface area (Å²) in [7, 11) is 0. The fourth-order valence-corrected chi connectivity index (χ4v) is 3.79. The maximum atomic E-state index is 12.3. The van der Waals surface area contributed by atoms with Crippen LogP contribution in [0.5, 0.6) is 5.75 Å². The Kier molecular flexibility index (Phi) is 7.54. The molecule has 0 bridgehead atoms. The van der Waals surface area contributed by atoms with Crippen LogP contribution in [0.25, 0.3) is 5.69 Å². The lowest BCUT2D eigenvalue weighted by atomic mass is 10.2. The Morgan fingerprint density at radius 1 is 1.09 bits per heavy atom. The summed E-state index contributed by atoms with van der Waals surface area (Å²) in [6.45, 7) is 2.24. The van der Waals surface area contributed by atoms with Gasteiger partial charge in [0.15, 0.2) is 6.61 Å². The minimum absolute atomic E-state index is 0.0365. The van der Waals surface area contributed by atoms with E-state index in [9.17, 15) is 9.59 Å². The average molecular weight is 511 g/mol. The molecule has 1 aliphatic rings. The van der Waals surface area contributed by atoms with E-state index in [1.807, 2.05) is 41.2 Å². The van der Waals surface area contributed by atoms with Crippen LogP contribution >= 0.6 is 15.9 Å². The van der Waals surface area contributed by atoms with Gasteiger partial charge in [0, 0.05) is 36.7 Å². The molecule has 0 spiro atoms. The summed E-state index contributed by atoms with van der Waals surface area (Å²) in [5, 5.41) is 4.03. The maximum absolute atomic E-state index is 12.3. The van der Waals surface area contributed by atoms with Gasteiger partial charge in [-0.2, -0.15) is 5.10 Å². The fraction of sp³-hybridized carbons (Fsp3) is 0.208. The van der Waals surface area contributed by atoms with Gasteiger partial charge in [-0.05, 0) is 76.1 Å². The standard InChI is InChI=1S/C24H23BrN4O4/c25-21-15-18(3-8-22(21)33-17-23(30)29-11-13-32-14-12-29)16-26-27-24(31)19-4-6-20(7-5-19)28-9-1-2-10-28/h1-10,15-16H,11-14,17H2,(H,27,31)/b26-16+. The van der Waals surface area contributed by atoms with Crippen LogP contribution in [0.15, 0.2) is 76.6 Å². The van der Waals surface area contributed by atoms with Crippen molar-refractivity contribution < 1.29 is 19.1 Å². The van der Waals surface area contributed by atoms with Gasteiger partial charge in [0.2, 0.25) is 0 Å². The summed E-state index contributed by atoms with van der Waals surface area (Å²) in [5.41, 5.74) is 4.77. The minimum Gasteiger partial charge on any atom is -0.483 e. The Balaban J connectivity index is 1.28. The SMILES string of the molecule is O=C(N/N=C/c1ccc(OCC(=O)N2CCOCC2)c(Br)c1)c1ccc(-n2cccc2)cc1. The Labute approximate surface area is 199 Å². The summed E-state index contributed by atoms with van der Waals surface area (Å²) in [4.78, 5) is 26.3. The zero-order valence-electron chi connectivity index (χ0n) is 17.8. The van der Waals surface area contributed by atoms with Crippen molar-refractivity contribution in [3.8, 4) is 11.4 Å². The van der Waals surface area contributed by atoms with Crippen molar-refractivity contribution in [1.82, 2.24) is 14.9 Å². The Hall–Kier alpha value is -3.43. The number of ether oxygens (including phenoxy) is 2. The Morgan fingerprint density at radius 2 is 1.82 bits per heavy atom. The molecule has 2 amide bonds. The molecule has 0 atom stereocenters. The number of morpholine rings is 1. The molecule has 1 aromatic heterocycles. The topological polar surface area (TPSA) is 85.2 Å². The van der Waals surface area contributed by atoms with Crippen LogP contribution in [0.4, 0.5) is 0 Å². The predicted molar refractivity (Wildman–Crippen MR) is 128 cm³/mol. The molecule has 9 heteroatoms. The Bertz CT molecular complexity index is 1120. The zero-order valence-corrected chi connectivity index (χ0v) is 19.4. The molecule has 4 rings (SSSR count). The van der Waals surface area contributed by atoms with E-state index in [-0.39, 0.29) is 18.4 Å². The highest BCUT2D eigenvalue weighted by Gasteiger charge is 2.17.